The van der Waals surface area contributed by atoms with Crippen molar-refractivity contribution in [2.75, 3.05) is 5.32 Å². The predicted molar refractivity (Wildman–Crippen MR) is 80.8 cm³/mol. The number of benzene rings is 1. The van der Waals surface area contributed by atoms with E-state index in [9.17, 15) is 9.90 Å². The van der Waals surface area contributed by atoms with Crippen LogP contribution in [0, 0.1) is 5.92 Å². The number of hydrogen-bond acceptors (Lipinski definition) is 3. The van der Waals surface area contributed by atoms with Gasteiger partial charge in [0.1, 0.15) is 5.75 Å². The zero-order chi connectivity index (χ0) is 14.7. The van der Waals surface area contributed by atoms with E-state index in [4.69, 9.17) is 0 Å². The molecule has 3 N–H and O–H groups in total. The number of carbonyl (C=O) groups excluding carboxylic acids is 1. The summed E-state index contributed by atoms with van der Waals surface area (Å²) in [4.78, 5) is 11.6. The van der Waals surface area contributed by atoms with Gasteiger partial charge in [-0.25, -0.2) is 0 Å². The van der Waals surface area contributed by atoms with Crippen LogP contribution in [-0.2, 0) is 4.79 Å². The fraction of sp³-hybridized carbons (Fsp3) is 0.562. The van der Waals surface area contributed by atoms with Crippen LogP contribution >= 0.6 is 0 Å². The molecule has 3 atom stereocenters. The van der Waals surface area contributed by atoms with E-state index in [0.717, 1.165) is 17.7 Å². The maximum absolute atomic E-state index is 11.6. The third-order valence-electron chi connectivity index (χ3n) is 3.83. The van der Waals surface area contributed by atoms with Crippen LogP contribution in [-0.4, -0.2) is 17.1 Å². The van der Waals surface area contributed by atoms with Gasteiger partial charge in [-0.3, -0.25) is 4.79 Å². The standard InChI is InChI=1S/C16H24N2O2/c1-4-5-16(20)18-12-6-7-15(19)13(9-12)11(3)17-14-8-10(14)2/h6-7,9-11,14,17,19H,4-5,8H2,1-3H3,(H,18,20). The first-order valence-electron chi connectivity index (χ1n) is 7.40. The minimum atomic E-state index is 0.0144. The quantitative estimate of drug-likeness (QED) is 0.699. The number of carbonyl (C=O) groups is 1. The lowest BCUT2D eigenvalue weighted by atomic mass is 10.1. The molecule has 1 aliphatic rings. The van der Waals surface area contributed by atoms with Gasteiger partial charge >= 0.3 is 0 Å². The summed E-state index contributed by atoms with van der Waals surface area (Å²) in [5.74, 6) is 0.999. The molecule has 0 heterocycles. The van der Waals surface area contributed by atoms with E-state index in [1.54, 1.807) is 12.1 Å². The summed E-state index contributed by atoms with van der Waals surface area (Å²) >= 11 is 0. The van der Waals surface area contributed by atoms with Crippen molar-refractivity contribution < 1.29 is 9.90 Å². The van der Waals surface area contributed by atoms with E-state index >= 15 is 0 Å². The SMILES string of the molecule is CCCC(=O)Nc1ccc(O)c(C(C)NC2CC2C)c1. The van der Waals surface area contributed by atoms with Crippen molar-refractivity contribution in [2.24, 2.45) is 5.92 Å². The number of phenolic OH excluding ortho intramolecular Hbond substituents is 1. The molecule has 1 fully saturated rings. The van der Waals surface area contributed by atoms with Crippen molar-refractivity contribution in [3.05, 3.63) is 23.8 Å². The first-order chi connectivity index (χ1) is 9.51. The van der Waals surface area contributed by atoms with Crippen molar-refractivity contribution in [3.8, 4) is 5.75 Å². The molecule has 4 heteroatoms. The lowest BCUT2D eigenvalue weighted by Crippen LogP contribution is -2.22. The highest BCUT2D eigenvalue weighted by molar-refractivity contribution is 5.90. The molecule has 0 spiro atoms. The van der Waals surface area contributed by atoms with E-state index in [-0.39, 0.29) is 17.7 Å². The summed E-state index contributed by atoms with van der Waals surface area (Å²) in [6, 6.07) is 5.86. The topological polar surface area (TPSA) is 61.4 Å². The molecule has 0 aromatic heterocycles. The molecule has 0 aliphatic heterocycles. The second-order valence-electron chi connectivity index (χ2n) is 5.78. The average molecular weight is 276 g/mol. The molecule has 1 amide bonds. The Morgan fingerprint density at radius 1 is 1.50 bits per heavy atom. The Balaban J connectivity index is 2.05. The van der Waals surface area contributed by atoms with Crippen LogP contribution in [0.3, 0.4) is 0 Å². The Bertz CT molecular complexity index is 487. The molecule has 4 nitrogen and oxygen atoms in total. The largest absolute Gasteiger partial charge is 0.508 e. The summed E-state index contributed by atoms with van der Waals surface area (Å²) in [5, 5.41) is 16.3. The van der Waals surface area contributed by atoms with E-state index in [0.29, 0.717) is 18.4 Å². The summed E-state index contributed by atoms with van der Waals surface area (Å²) in [7, 11) is 0. The summed E-state index contributed by atoms with van der Waals surface area (Å²) in [6.45, 7) is 6.23. The van der Waals surface area contributed by atoms with E-state index < -0.39 is 0 Å². The van der Waals surface area contributed by atoms with Crippen molar-refractivity contribution in [3.63, 3.8) is 0 Å². The highest BCUT2D eigenvalue weighted by Crippen LogP contribution is 2.34. The van der Waals surface area contributed by atoms with Crippen LogP contribution in [0.5, 0.6) is 5.75 Å². The second-order valence-corrected chi connectivity index (χ2v) is 5.78. The fourth-order valence-corrected chi connectivity index (χ4v) is 2.39. The Kier molecular flexibility index (Phi) is 4.65. The van der Waals surface area contributed by atoms with Crippen LogP contribution in [0.25, 0.3) is 0 Å². The van der Waals surface area contributed by atoms with E-state index in [1.807, 2.05) is 19.9 Å². The van der Waals surface area contributed by atoms with Gasteiger partial charge in [0.15, 0.2) is 0 Å². The molecule has 0 radical (unpaired) electrons. The van der Waals surface area contributed by atoms with Crippen molar-refractivity contribution in [1.29, 1.82) is 0 Å². The molecule has 20 heavy (non-hydrogen) atoms. The lowest BCUT2D eigenvalue weighted by molar-refractivity contribution is -0.116. The lowest BCUT2D eigenvalue weighted by Gasteiger charge is -2.17. The van der Waals surface area contributed by atoms with Gasteiger partial charge in [0.25, 0.3) is 0 Å². The highest BCUT2D eigenvalue weighted by atomic mass is 16.3. The van der Waals surface area contributed by atoms with E-state index in [1.165, 1.54) is 6.42 Å². The molecular weight excluding hydrogens is 252 g/mol. The molecule has 110 valence electrons. The van der Waals surface area contributed by atoms with Gasteiger partial charge in [0, 0.05) is 29.8 Å². The number of amides is 1. The van der Waals surface area contributed by atoms with Crippen molar-refractivity contribution in [2.45, 2.75) is 52.1 Å². The van der Waals surface area contributed by atoms with Crippen molar-refractivity contribution >= 4 is 11.6 Å². The number of phenols is 1. The number of rotatable bonds is 6. The van der Waals surface area contributed by atoms with Gasteiger partial charge in [0.05, 0.1) is 0 Å². The smallest absolute Gasteiger partial charge is 0.224 e. The third kappa shape index (κ3) is 3.73. The first kappa shape index (κ1) is 14.9. The average Bonchev–Trinajstić information content (AvgIpc) is 3.07. The Labute approximate surface area is 120 Å². The fourth-order valence-electron chi connectivity index (χ4n) is 2.39. The molecule has 2 rings (SSSR count). The maximum atomic E-state index is 11.6. The minimum Gasteiger partial charge on any atom is -0.508 e. The number of anilines is 1. The molecule has 1 aromatic rings. The van der Waals surface area contributed by atoms with Gasteiger partial charge in [-0.05, 0) is 43.9 Å². The Morgan fingerprint density at radius 2 is 2.20 bits per heavy atom. The second kappa shape index (κ2) is 6.27. The molecule has 3 unspecified atom stereocenters. The van der Waals surface area contributed by atoms with Gasteiger partial charge in [-0.2, -0.15) is 0 Å². The number of aromatic hydroxyl groups is 1. The molecular formula is C16H24N2O2. The van der Waals surface area contributed by atoms with Gasteiger partial charge in [-0.1, -0.05) is 13.8 Å². The minimum absolute atomic E-state index is 0.0144. The van der Waals surface area contributed by atoms with Crippen LogP contribution < -0.4 is 10.6 Å². The van der Waals surface area contributed by atoms with Crippen LogP contribution in [0.4, 0.5) is 5.69 Å². The number of hydrogen-bond donors (Lipinski definition) is 3. The first-order valence-corrected chi connectivity index (χ1v) is 7.40. The Hall–Kier alpha value is -1.55. The predicted octanol–water partition coefficient (Wildman–Crippen LogP) is 3.19. The van der Waals surface area contributed by atoms with Gasteiger partial charge in [-0.15, -0.1) is 0 Å². The zero-order valence-corrected chi connectivity index (χ0v) is 12.4. The molecule has 1 aliphatic carbocycles. The summed E-state index contributed by atoms with van der Waals surface area (Å²) in [5.41, 5.74) is 1.58. The van der Waals surface area contributed by atoms with Gasteiger partial charge in [0.2, 0.25) is 5.91 Å². The van der Waals surface area contributed by atoms with Crippen LogP contribution in [0.1, 0.15) is 51.6 Å². The third-order valence-corrected chi connectivity index (χ3v) is 3.83. The van der Waals surface area contributed by atoms with Gasteiger partial charge < -0.3 is 15.7 Å². The molecule has 0 saturated heterocycles. The molecule has 1 aromatic carbocycles. The zero-order valence-electron chi connectivity index (χ0n) is 12.4. The van der Waals surface area contributed by atoms with Crippen LogP contribution in [0.15, 0.2) is 18.2 Å². The summed E-state index contributed by atoms with van der Waals surface area (Å²) in [6.07, 6.45) is 2.54. The monoisotopic (exact) mass is 276 g/mol. The molecule has 0 bridgehead atoms. The molecule has 1 saturated carbocycles. The maximum Gasteiger partial charge on any atom is 0.224 e. The van der Waals surface area contributed by atoms with Crippen molar-refractivity contribution in [1.82, 2.24) is 5.32 Å². The number of nitrogens with one attached hydrogen (secondary N) is 2. The van der Waals surface area contributed by atoms with E-state index in [2.05, 4.69) is 17.6 Å². The highest BCUT2D eigenvalue weighted by Gasteiger charge is 2.33. The normalized spacial score (nSPS) is 22.4. The van der Waals surface area contributed by atoms with Crippen LogP contribution in [0.2, 0.25) is 0 Å². The summed E-state index contributed by atoms with van der Waals surface area (Å²) < 4.78 is 0. The Morgan fingerprint density at radius 3 is 2.80 bits per heavy atom.